The molecule has 0 spiro atoms. The Morgan fingerprint density at radius 2 is 2.24 bits per heavy atom. The third-order valence-corrected chi connectivity index (χ3v) is 2.65. The summed E-state index contributed by atoms with van der Waals surface area (Å²) in [6, 6.07) is 1.86. The number of amides is 1. The third-order valence-electron chi connectivity index (χ3n) is 2.65. The topological polar surface area (TPSA) is 58.4 Å². The van der Waals surface area contributed by atoms with Crippen LogP contribution in [0.2, 0.25) is 0 Å². The molecule has 0 aliphatic carbocycles. The van der Waals surface area contributed by atoms with E-state index in [1.54, 1.807) is 15.6 Å². The Kier molecular flexibility index (Phi) is 4.69. The second-order valence-electron chi connectivity index (χ2n) is 4.30. The van der Waals surface area contributed by atoms with Gasteiger partial charge in [0, 0.05) is 19.1 Å². The number of aryl methyl sites for hydroxylation is 2. The predicted molar refractivity (Wildman–Crippen MR) is 65.9 cm³/mol. The van der Waals surface area contributed by atoms with E-state index in [2.05, 4.69) is 5.10 Å². The minimum Gasteiger partial charge on any atom is -0.395 e. The predicted octanol–water partition coefficient (Wildman–Crippen LogP) is 1.05. The summed E-state index contributed by atoms with van der Waals surface area (Å²) in [5.74, 6) is -0.0727. The number of aliphatic hydroxyl groups excluding tert-OH is 1. The van der Waals surface area contributed by atoms with Gasteiger partial charge < -0.3 is 10.0 Å². The summed E-state index contributed by atoms with van der Waals surface area (Å²) in [5, 5.41) is 13.3. The molecular weight excluding hydrogens is 218 g/mol. The smallest absolute Gasteiger partial charge is 0.272 e. The molecule has 0 fully saturated rings. The maximum atomic E-state index is 12.3. The van der Waals surface area contributed by atoms with E-state index >= 15 is 0 Å². The van der Waals surface area contributed by atoms with Crippen LogP contribution in [0.3, 0.4) is 0 Å². The molecule has 1 heterocycles. The largest absolute Gasteiger partial charge is 0.395 e. The van der Waals surface area contributed by atoms with Crippen molar-refractivity contribution >= 4 is 5.91 Å². The highest BCUT2D eigenvalue weighted by molar-refractivity contribution is 5.92. The molecule has 0 radical (unpaired) electrons. The van der Waals surface area contributed by atoms with Crippen LogP contribution < -0.4 is 0 Å². The fourth-order valence-corrected chi connectivity index (χ4v) is 1.81. The molecule has 1 N–H and O–H groups in total. The zero-order chi connectivity index (χ0) is 13.0. The molecule has 5 nitrogen and oxygen atoms in total. The summed E-state index contributed by atoms with van der Waals surface area (Å²) >= 11 is 0. The van der Waals surface area contributed by atoms with E-state index in [1.807, 2.05) is 27.7 Å². The van der Waals surface area contributed by atoms with Crippen LogP contribution in [0.4, 0.5) is 0 Å². The lowest BCUT2D eigenvalue weighted by Gasteiger charge is -2.25. The molecule has 1 amide bonds. The van der Waals surface area contributed by atoms with Crippen molar-refractivity contribution in [3.8, 4) is 0 Å². The standard InChI is InChI=1S/C12H21N3O2/c1-5-15-11(8-10(4)13-15)12(17)14(6-7-16)9(2)3/h8-9,16H,5-7H2,1-4H3. The summed E-state index contributed by atoms with van der Waals surface area (Å²) in [6.07, 6.45) is 0. The zero-order valence-corrected chi connectivity index (χ0v) is 11.0. The molecule has 0 atom stereocenters. The third kappa shape index (κ3) is 3.06. The molecule has 5 heteroatoms. The van der Waals surface area contributed by atoms with E-state index in [1.165, 1.54) is 0 Å². The van der Waals surface area contributed by atoms with Crippen LogP contribution in [0.15, 0.2) is 6.07 Å². The fourth-order valence-electron chi connectivity index (χ4n) is 1.81. The van der Waals surface area contributed by atoms with Gasteiger partial charge in [0.15, 0.2) is 0 Å². The number of carbonyl (C=O) groups excluding carboxylic acids is 1. The number of hydrogen-bond acceptors (Lipinski definition) is 3. The van der Waals surface area contributed by atoms with Crippen LogP contribution in [0.1, 0.15) is 37.0 Å². The summed E-state index contributed by atoms with van der Waals surface area (Å²) in [4.78, 5) is 14.0. The van der Waals surface area contributed by atoms with E-state index < -0.39 is 0 Å². The molecule has 0 aliphatic rings. The number of carbonyl (C=O) groups is 1. The minimum absolute atomic E-state index is 0.0246. The Labute approximate surface area is 102 Å². The number of nitrogens with zero attached hydrogens (tertiary/aromatic N) is 3. The Morgan fingerprint density at radius 1 is 1.59 bits per heavy atom. The highest BCUT2D eigenvalue weighted by atomic mass is 16.3. The van der Waals surface area contributed by atoms with Crippen molar-refractivity contribution in [2.45, 2.75) is 40.3 Å². The number of rotatable bonds is 5. The van der Waals surface area contributed by atoms with Gasteiger partial charge in [-0.3, -0.25) is 9.48 Å². The second kappa shape index (κ2) is 5.82. The van der Waals surface area contributed by atoms with Crippen molar-refractivity contribution in [3.05, 3.63) is 17.5 Å². The lowest BCUT2D eigenvalue weighted by molar-refractivity contribution is 0.0653. The molecule has 17 heavy (non-hydrogen) atoms. The van der Waals surface area contributed by atoms with E-state index in [0.717, 1.165) is 5.69 Å². The van der Waals surface area contributed by atoms with Gasteiger partial charge in [-0.1, -0.05) is 0 Å². The lowest BCUT2D eigenvalue weighted by Crippen LogP contribution is -2.40. The number of aliphatic hydroxyl groups is 1. The van der Waals surface area contributed by atoms with Crippen molar-refractivity contribution < 1.29 is 9.90 Å². The van der Waals surface area contributed by atoms with Gasteiger partial charge >= 0.3 is 0 Å². The van der Waals surface area contributed by atoms with Crippen molar-refractivity contribution in [3.63, 3.8) is 0 Å². The van der Waals surface area contributed by atoms with Crippen molar-refractivity contribution in [2.75, 3.05) is 13.2 Å². The molecule has 1 aromatic rings. The van der Waals surface area contributed by atoms with E-state index in [4.69, 9.17) is 5.11 Å². The molecule has 1 rings (SSSR count). The summed E-state index contributed by atoms with van der Waals surface area (Å²) in [5.41, 5.74) is 1.43. The quantitative estimate of drug-likeness (QED) is 0.835. The van der Waals surface area contributed by atoms with Crippen LogP contribution in [0.25, 0.3) is 0 Å². The first-order valence-corrected chi connectivity index (χ1v) is 5.97. The summed E-state index contributed by atoms with van der Waals surface area (Å²) in [7, 11) is 0. The molecule has 0 aromatic carbocycles. The Balaban J connectivity index is 3.00. The Morgan fingerprint density at radius 3 is 2.71 bits per heavy atom. The SMILES string of the molecule is CCn1nc(C)cc1C(=O)N(CCO)C(C)C. The van der Waals surface area contributed by atoms with Gasteiger partial charge in [-0.2, -0.15) is 5.10 Å². The average Bonchev–Trinajstić information content (AvgIpc) is 2.66. The Bertz CT molecular complexity index is 385. The first-order chi connectivity index (χ1) is 8.01. The van der Waals surface area contributed by atoms with Gasteiger partial charge in [-0.15, -0.1) is 0 Å². The van der Waals surface area contributed by atoms with E-state index in [9.17, 15) is 4.79 Å². The van der Waals surface area contributed by atoms with Gasteiger partial charge in [-0.25, -0.2) is 0 Å². The van der Waals surface area contributed by atoms with Crippen LogP contribution in [0, 0.1) is 6.92 Å². The molecule has 0 aliphatic heterocycles. The first-order valence-electron chi connectivity index (χ1n) is 5.97. The van der Waals surface area contributed by atoms with Crippen molar-refractivity contribution in [1.82, 2.24) is 14.7 Å². The minimum atomic E-state index is -0.0727. The van der Waals surface area contributed by atoms with E-state index in [0.29, 0.717) is 18.8 Å². The molecule has 1 aromatic heterocycles. The van der Waals surface area contributed by atoms with Gasteiger partial charge in [0.1, 0.15) is 5.69 Å². The average molecular weight is 239 g/mol. The molecule has 0 saturated heterocycles. The van der Waals surface area contributed by atoms with Gasteiger partial charge in [0.05, 0.1) is 12.3 Å². The van der Waals surface area contributed by atoms with Gasteiger partial charge in [0.2, 0.25) is 0 Å². The van der Waals surface area contributed by atoms with E-state index in [-0.39, 0.29) is 18.6 Å². The maximum absolute atomic E-state index is 12.3. The van der Waals surface area contributed by atoms with Gasteiger partial charge in [-0.05, 0) is 33.8 Å². The molecule has 0 saturated carbocycles. The van der Waals surface area contributed by atoms with Crippen LogP contribution >= 0.6 is 0 Å². The van der Waals surface area contributed by atoms with Crippen molar-refractivity contribution in [1.29, 1.82) is 0 Å². The van der Waals surface area contributed by atoms with Crippen LogP contribution in [-0.4, -0.2) is 44.9 Å². The molecule has 0 bridgehead atoms. The van der Waals surface area contributed by atoms with Crippen LogP contribution in [0.5, 0.6) is 0 Å². The zero-order valence-electron chi connectivity index (χ0n) is 11.0. The fraction of sp³-hybridized carbons (Fsp3) is 0.667. The normalized spacial score (nSPS) is 10.9. The lowest BCUT2D eigenvalue weighted by atomic mass is 10.2. The van der Waals surface area contributed by atoms with Crippen LogP contribution in [-0.2, 0) is 6.54 Å². The second-order valence-corrected chi connectivity index (χ2v) is 4.30. The maximum Gasteiger partial charge on any atom is 0.272 e. The highest BCUT2D eigenvalue weighted by Crippen LogP contribution is 2.10. The summed E-state index contributed by atoms with van der Waals surface area (Å²) < 4.78 is 1.70. The molecular formula is C12H21N3O2. The number of aromatic nitrogens is 2. The molecule has 0 unspecified atom stereocenters. The highest BCUT2D eigenvalue weighted by Gasteiger charge is 2.21. The van der Waals surface area contributed by atoms with Gasteiger partial charge in [0.25, 0.3) is 5.91 Å². The Hall–Kier alpha value is -1.36. The monoisotopic (exact) mass is 239 g/mol. The molecule has 96 valence electrons. The number of hydrogen-bond donors (Lipinski definition) is 1. The first kappa shape index (κ1) is 13.7. The summed E-state index contributed by atoms with van der Waals surface area (Å²) in [6.45, 7) is 8.69. The van der Waals surface area contributed by atoms with Crippen molar-refractivity contribution in [2.24, 2.45) is 0 Å².